The van der Waals surface area contributed by atoms with Gasteiger partial charge in [0.15, 0.2) is 0 Å². The Kier molecular flexibility index (Phi) is 1.39. The number of H-pyrrole nitrogens is 1. The molecule has 1 aromatic rings. The first kappa shape index (κ1) is 6.08. The van der Waals surface area contributed by atoms with Gasteiger partial charge < -0.3 is 4.98 Å². The van der Waals surface area contributed by atoms with Crippen LogP contribution in [0.3, 0.4) is 0 Å². The number of hydrogen-bond donors (Lipinski definition) is 1. The van der Waals surface area contributed by atoms with E-state index in [0.29, 0.717) is 5.69 Å². The highest BCUT2D eigenvalue weighted by Crippen LogP contribution is 2.04. The van der Waals surface area contributed by atoms with Crippen LogP contribution in [0.2, 0.25) is 0 Å². The minimum atomic E-state index is 0.563. The van der Waals surface area contributed by atoms with Gasteiger partial charge in [-0.25, -0.2) is 0 Å². The molecule has 1 rings (SSSR count). The van der Waals surface area contributed by atoms with Gasteiger partial charge in [-0.15, -0.1) is 0 Å². The van der Waals surface area contributed by atoms with E-state index in [1.54, 1.807) is 0 Å². The summed E-state index contributed by atoms with van der Waals surface area (Å²) in [5, 5.41) is 0. The van der Waals surface area contributed by atoms with Crippen molar-refractivity contribution >= 4 is 6.29 Å². The molecule has 0 aliphatic rings. The van der Waals surface area contributed by atoms with E-state index in [1.807, 2.05) is 26.2 Å². The number of hydrogen-bond acceptors (Lipinski definition) is 1. The summed E-state index contributed by atoms with van der Waals surface area (Å²) in [4.78, 5) is 13.0. The van der Waals surface area contributed by atoms with Crippen LogP contribution in [-0.4, -0.2) is 11.3 Å². The molecule has 0 amide bonds. The lowest BCUT2D eigenvalue weighted by molar-refractivity contribution is 0.561. The first-order chi connectivity index (χ1) is 4.24. The van der Waals surface area contributed by atoms with Crippen LogP contribution < -0.4 is 0 Å². The van der Waals surface area contributed by atoms with Crippen molar-refractivity contribution in [1.29, 1.82) is 0 Å². The maximum atomic E-state index is 10.1. The van der Waals surface area contributed by atoms with Gasteiger partial charge in [-0.05, 0) is 25.5 Å². The van der Waals surface area contributed by atoms with Crippen molar-refractivity contribution in [1.82, 2.24) is 4.98 Å². The Morgan fingerprint density at radius 2 is 2.22 bits per heavy atom. The molecule has 0 aliphatic carbocycles. The molecular formula is C7H8NO. The summed E-state index contributed by atoms with van der Waals surface area (Å²) in [6, 6.07) is 1.92. The third kappa shape index (κ3) is 1.02. The smallest absolute Gasteiger partial charge is 0.251 e. The summed E-state index contributed by atoms with van der Waals surface area (Å²) >= 11 is 0. The second kappa shape index (κ2) is 2.05. The highest BCUT2D eigenvalue weighted by Gasteiger charge is 1.98. The lowest BCUT2D eigenvalue weighted by atomic mass is 10.3. The van der Waals surface area contributed by atoms with Crippen LogP contribution in [0.15, 0.2) is 6.07 Å². The van der Waals surface area contributed by atoms with E-state index < -0.39 is 0 Å². The van der Waals surface area contributed by atoms with Crippen LogP contribution >= 0.6 is 0 Å². The zero-order chi connectivity index (χ0) is 6.85. The third-order valence-electron chi connectivity index (χ3n) is 1.25. The van der Waals surface area contributed by atoms with E-state index in [4.69, 9.17) is 0 Å². The SMILES string of the molecule is Cc1cc(C)c([C]=O)[nH]1. The Morgan fingerprint density at radius 3 is 2.44 bits per heavy atom. The van der Waals surface area contributed by atoms with Crippen molar-refractivity contribution in [2.45, 2.75) is 13.8 Å². The van der Waals surface area contributed by atoms with Gasteiger partial charge in [0.25, 0.3) is 6.29 Å². The molecule has 1 heterocycles. The average Bonchev–Trinajstić information content (AvgIpc) is 2.10. The van der Waals surface area contributed by atoms with Crippen molar-refractivity contribution < 1.29 is 4.79 Å². The van der Waals surface area contributed by atoms with Gasteiger partial charge >= 0.3 is 0 Å². The molecule has 1 radical (unpaired) electrons. The normalized spacial score (nSPS) is 9.56. The lowest BCUT2D eigenvalue weighted by Crippen LogP contribution is -1.81. The Hall–Kier alpha value is -1.05. The maximum absolute atomic E-state index is 10.1. The molecule has 1 N–H and O–H groups in total. The molecule has 0 saturated heterocycles. The van der Waals surface area contributed by atoms with E-state index in [-0.39, 0.29) is 0 Å². The van der Waals surface area contributed by atoms with Crippen LogP contribution in [0.25, 0.3) is 0 Å². The number of aromatic nitrogens is 1. The first-order valence-corrected chi connectivity index (χ1v) is 2.78. The molecular weight excluding hydrogens is 114 g/mol. The van der Waals surface area contributed by atoms with Gasteiger partial charge in [-0.3, -0.25) is 4.79 Å². The van der Waals surface area contributed by atoms with Crippen molar-refractivity contribution in [2.75, 3.05) is 0 Å². The van der Waals surface area contributed by atoms with E-state index in [9.17, 15) is 4.79 Å². The Bertz CT molecular complexity index is 225. The topological polar surface area (TPSA) is 32.9 Å². The van der Waals surface area contributed by atoms with Gasteiger partial charge in [-0.2, -0.15) is 0 Å². The maximum Gasteiger partial charge on any atom is 0.251 e. The number of carbonyl (C=O) groups excluding carboxylic acids is 1. The van der Waals surface area contributed by atoms with Crippen LogP contribution in [0.5, 0.6) is 0 Å². The minimum absolute atomic E-state index is 0.563. The van der Waals surface area contributed by atoms with Crippen molar-refractivity contribution in [2.24, 2.45) is 0 Å². The molecule has 2 heteroatoms. The van der Waals surface area contributed by atoms with Crippen LogP contribution in [0.4, 0.5) is 0 Å². The largest absolute Gasteiger partial charge is 0.356 e. The molecule has 1 aromatic heterocycles. The lowest BCUT2D eigenvalue weighted by Gasteiger charge is -1.79. The monoisotopic (exact) mass is 122 g/mol. The fourth-order valence-corrected chi connectivity index (χ4v) is 0.835. The molecule has 0 aromatic carbocycles. The molecule has 0 spiro atoms. The van der Waals surface area contributed by atoms with Crippen molar-refractivity contribution in [3.8, 4) is 0 Å². The Labute approximate surface area is 53.9 Å². The van der Waals surface area contributed by atoms with Crippen LogP contribution in [-0.2, 0) is 4.79 Å². The first-order valence-electron chi connectivity index (χ1n) is 2.78. The molecule has 0 fully saturated rings. The molecule has 0 atom stereocenters. The number of nitrogens with one attached hydrogen (secondary N) is 1. The fraction of sp³-hybridized carbons (Fsp3) is 0.286. The predicted molar refractivity (Wildman–Crippen MR) is 35.1 cm³/mol. The molecule has 9 heavy (non-hydrogen) atoms. The summed E-state index contributed by atoms with van der Waals surface area (Å²) in [5.41, 5.74) is 2.53. The Morgan fingerprint density at radius 1 is 1.56 bits per heavy atom. The molecule has 0 unspecified atom stereocenters. The zero-order valence-electron chi connectivity index (χ0n) is 5.49. The van der Waals surface area contributed by atoms with Gasteiger partial charge in [0.05, 0.1) is 5.69 Å². The van der Waals surface area contributed by atoms with Crippen molar-refractivity contribution in [3.63, 3.8) is 0 Å². The van der Waals surface area contributed by atoms with Gasteiger partial charge in [0.1, 0.15) is 0 Å². The summed E-state index contributed by atoms with van der Waals surface area (Å²) in [6.45, 7) is 3.79. The average molecular weight is 122 g/mol. The number of aryl methyl sites for hydroxylation is 2. The summed E-state index contributed by atoms with van der Waals surface area (Å²) < 4.78 is 0. The summed E-state index contributed by atoms with van der Waals surface area (Å²) in [7, 11) is 0. The number of aromatic amines is 1. The van der Waals surface area contributed by atoms with E-state index in [0.717, 1.165) is 11.3 Å². The van der Waals surface area contributed by atoms with Gasteiger partial charge in [-0.1, -0.05) is 0 Å². The molecule has 0 bridgehead atoms. The second-order valence-electron chi connectivity index (χ2n) is 2.11. The quantitative estimate of drug-likeness (QED) is 0.594. The van der Waals surface area contributed by atoms with E-state index in [1.165, 1.54) is 0 Å². The van der Waals surface area contributed by atoms with Gasteiger partial charge in [0, 0.05) is 5.69 Å². The standard InChI is InChI=1S/C7H8NO/c1-5-3-6(2)8-7(5)4-9/h3,8H,1-2H3. The summed E-state index contributed by atoms with van der Waals surface area (Å²) in [5.74, 6) is 0. The fourth-order valence-electron chi connectivity index (χ4n) is 0.835. The zero-order valence-corrected chi connectivity index (χ0v) is 5.49. The van der Waals surface area contributed by atoms with Crippen molar-refractivity contribution in [3.05, 3.63) is 23.0 Å². The molecule has 0 aliphatic heterocycles. The minimum Gasteiger partial charge on any atom is -0.356 e. The Balaban J connectivity index is 3.15. The molecule has 0 saturated carbocycles. The third-order valence-corrected chi connectivity index (χ3v) is 1.25. The van der Waals surface area contributed by atoms with Crippen LogP contribution in [0.1, 0.15) is 17.0 Å². The van der Waals surface area contributed by atoms with E-state index >= 15 is 0 Å². The number of rotatable bonds is 1. The highest BCUT2D eigenvalue weighted by atomic mass is 16.1. The van der Waals surface area contributed by atoms with E-state index in [2.05, 4.69) is 4.98 Å². The summed E-state index contributed by atoms with van der Waals surface area (Å²) in [6.07, 6.45) is 1.81. The van der Waals surface area contributed by atoms with Crippen LogP contribution in [0, 0.1) is 13.8 Å². The molecule has 2 nitrogen and oxygen atoms in total. The van der Waals surface area contributed by atoms with Gasteiger partial charge in [0.2, 0.25) is 0 Å². The second-order valence-corrected chi connectivity index (χ2v) is 2.11. The highest BCUT2D eigenvalue weighted by molar-refractivity contribution is 5.75. The molecule has 47 valence electrons. The predicted octanol–water partition coefficient (Wildman–Crippen LogP) is 1.09.